The number of hydrogen-bond donors (Lipinski definition) is 0. The summed E-state index contributed by atoms with van der Waals surface area (Å²) in [6.45, 7) is 2.48. The summed E-state index contributed by atoms with van der Waals surface area (Å²) in [4.78, 5) is 10.7. The summed E-state index contributed by atoms with van der Waals surface area (Å²) in [6, 6.07) is 16.5. The molecule has 0 saturated carbocycles. The highest BCUT2D eigenvalue weighted by atomic mass is 16.5. The van der Waals surface area contributed by atoms with Crippen LogP contribution >= 0.6 is 0 Å². The van der Waals surface area contributed by atoms with E-state index in [0.717, 1.165) is 5.56 Å². The molecule has 4 nitrogen and oxygen atoms in total. The molecule has 0 amide bonds. The molecule has 0 unspecified atom stereocenters. The van der Waals surface area contributed by atoms with Gasteiger partial charge in [-0.1, -0.05) is 42.0 Å². The van der Waals surface area contributed by atoms with Gasteiger partial charge in [-0.15, -0.1) is 0 Å². The Hall–Kier alpha value is -3.06. The molecule has 22 heavy (non-hydrogen) atoms. The number of carboxylic acid groups (broad SMARTS) is 1. The summed E-state index contributed by atoms with van der Waals surface area (Å²) in [6.07, 6.45) is 1.26. The quantitative estimate of drug-likeness (QED) is 0.625. The molecule has 2 rings (SSSR count). The van der Waals surface area contributed by atoms with Gasteiger partial charge in [-0.2, -0.15) is 5.26 Å². The highest BCUT2D eigenvalue weighted by Gasteiger charge is 1.99. The molecule has 0 spiro atoms. The molecule has 0 N–H and O–H groups in total. The maximum absolute atomic E-state index is 10.7. The number of aliphatic carboxylic acids is 1. The Morgan fingerprint density at radius 2 is 1.82 bits per heavy atom. The van der Waals surface area contributed by atoms with E-state index in [2.05, 4.69) is 0 Å². The van der Waals surface area contributed by atoms with Gasteiger partial charge in [0.2, 0.25) is 0 Å². The third kappa shape index (κ3) is 4.22. The fourth-order valence-corrected chi connectivity index (χ4v) is 1.81. The van der Waals surface area contributed by atoms with Gasteiger partial charge in [0.15, 0.2) is 0 Å². The molecule has 2 aromatic carbocycles. The SMILES string of the molecule is Cc1ccc(COc2ccc(/C=C(\C#N)C(=O)[O-])cc2)cc1. The summed E-state index contributed by atoms with van der Waals surface area (Å²) >= 11 is 0. The van der Waals surface area contributed by atoms with E-state index in [4.69, 9.17) is 10.00 Å². The molecule has 0 aliphatic carbocycles. The van der Waals surface area contributed by atoms with Crippen molar-refractivity contribution in [2.45, 2.75) is 13.5 Å². The Kier molecular flexibility index (Phi) is 4.94. The summed E-state index contributed by atoms with van der Waals surface area (Å²) in [7, 11) is 0. The van der Waals surface area contributed by atoms with E-state index in [-0.39, 0.29) is 0 Å². The van der Waals surface area contributed by atoms with Crippen molar-refractivity contribution in [1.82, 2.24) is 0 Å². The number of rotatable bonds is 5. The molecule has 0 heterocycles. The zero-order chi connectivity index (χ0) is 15.9. The van der Waals surface area contributed by atoms with Gasteiger partial charge in [-0.25, -0.2) is 0 Å². The molecular weight excluding hydrogens is 278 g/mol. The van der Waals surface area contributed by atoms with Gasteiger partial charge in [0.1, 0.15) is 18.4 Å². The Morgan fingerprint density at radius 3 is 2.36 bits per heavy atom. The van der Waals surface area contributed by atoms with Gasteiger partial charge in [-0.05, 0) is 36.3 Å². The van der Waals surface area contributed by atoms with E-state index >= 15 is 0 Å². The normalized spacial score (nSPS) is 10.8. The monoisotopic (exact) mass is 292 g/mol. The van der Waals surface area contributed by atoms with Crippen molar-refractivity contribution in [2.75, 3.05) is 0 Å². The third-order valence-corrected chi connectivity index (χ3v) is 3.06. The maximum atomic E-state index is 10.7. The minimum absolute atomic E-state index is 0.409. The predicted molar refractivity (Wildman–Crippen MR) is 80.6 cm³/mol. The van der Waals surface area contributed by atoms with Crippen molar-refractivity contribution < 1.29 is 14.6 Å². The predicted octanol–water partition coefficient (Wildman–Crippen LogP) is 2.23. The molecule has 0 aliphatic rings. The number of benzene rings is 2. The fraction of sp³-hybridized carbons (Fsp3) is 0.111. The standard InChI is InChI=1S/C18H15NO3/c1-13-2-4-15(5-3-13)12-22-17-8-6-14(7-9-17)10-16(11-19)18(20)21/h2-10H,12H2,1H3,(H,20,21)/p-1/b16-10+. The van der Waals surface area contributed by atoms with Gasteiger partial charge < -0.3 is 14.6 Å². The topological polar surface area (TPSA) is 73.1 Å². The van der Waals surface area contributed by atoms with Crippen LogP contribution in [0.4, 0.5) is 0 Å². The number of nitriles is 1. The van der Waals surface area contributed by atoms with Crippen LogP contribution in [0.3, 0.4) is 0 Å². The van der Waals surface area contributed by atoms with Gasteiger partial charge >= 0.3 is 0 Å². The van der Waals surface area contributed by atoms with Crippen LogP contribution in [0.2, 0.25) is 0 Å². The van der Waals surface area contributed by atoms with Crippen LogP contribution in [0.25, 0.3) is 6.08 Å². The smallest absolute Gasteiger partial charge is 0.119 e. The minimum atomic E-state index is -1.48. The molecule has 0 bridgehead atoms. The van der Waals surface area contributed by atoms with Crippen LogP contribution in [0.5, 0.6) is 5.75 Å². The highest BCUT2D eigenvalue weighted by Crippen LogP contribution is 2.16. The molecule has 0 radical (unpaired) electrons. The average Bonchev–Trinajstić information content (AvgIpc) is 2.53. The van der Waals surface area contributed by atoms with Crippen LogP contribution in [-0.4, -0.2) is 5.97 Å². The van der Waals surface area contributed by atoms with Crippen LogP contribution in [0.1, 0.15) is 16.7 Å². The van der Waals surface area contributed by atoms with Crippen LogP contribution < -0.4 is 9.84 Å². The third-order valence-electron chi connectivity index (χ3n) is 3.06. The number of carboxylic acids is 1. The lowest BCUT2D eigenvalue weighted by Crippen LogP contribution is -2.23. The summed E-state index contributed by atoms with van der Waals surface area (Å²) in [5.41, 5.74) is 2.45. The first kappa shape index (κ1) is 15.3. The Labute approximate surface area is 128 Å². The van der Waals surface area contributed by atoms with Gasteiger partial charge in [0.25, 0.3) is 0 Å². The largest absolute Gasteiger partial charge is 0.544 e. The summed E-state index contributed by atoms with van der Waals surface area (Å²) in [5, 5.41) is 19.3. The molecular formula is C18H14NO3-. The first-order valence-electron chi connectivity index (χ1n) is 6.70. The second kappa shape index (κ2) is 7.09. The molecule has 0 aliphatic heterocycles. The van der Waals surface area contributed by atoms with Crippen LogP contribution in [0.15, 0.2) is 54.1 Å². The summed E-state index contributed by atoms with van der Waals surface area (Å²) < 4.78 is 5.65. The molecule has 0 aromatic heterocycles. The van der Waals surface area contributed by atoms with Crippen molar-refractivity contribution in [1.29, 1.82) is 5.26 Å². The summed E-state index contributed by atoms with van der Waals surface area (Å²) in [5.74, 6) is -0.813. The van der Waals surface area contributed by atoms with Crippen LogP contribution in [0, 0.1) is 18.3 Å². The second-order valence-electron chi connectivity index (χ2n) is 4.80. The lowest BCUT2D eigenvalue weighted by atomic mass is 10.1. The Balaban J connectivity index is 2.02. The van der Waals surface area contributed by atoms with Crippen LogP contribution in [-0.2, 0) is 11.4 Å². The second-order valence-corrected chi connectivity index (χ2v) is 4.80. The first-order valence-corrected chi connectivity index (χ1v) is 6.70. The fourth-order valence-electron chi connectivity index (χ4n) is 1.81. The zero-order valence-electron chi connectivity index (χ0n) is 12.1. The van der Waals surface area contributed by atoms with Gasteiger partial charge in [-0.3, -0.25) is 0 Å². The van der Waals surface area contributed by atoms with E-state index in [0.29, 0.717) is 17.9 Å². The van der Waals surface area contributed by atoms with Crippen molar-refractivity contribution in [3.05, 3.63) is 70.8 Å². The molecule has 0 saturated heterocycles. The highest BCUT2D eigenvalue weighted by molar-refractivity contribution is 5.95. The van der Waals surface area contributed by atoms with Crippen molar-refractivity contribution in [3.8, 4) is 11.8 Å². The van der Waals surface area contributed by atoms with E-state index in [1.807, 2.05) is 31.2 Å². The van der Waals surface area contributed by atoms with Crippen molar-refractivity contribution in [3.63, 3.8) is 0 Å². The number of carbonyl (C=O) groups excluding carboxylic acids is 1. The van der Waals surface area contributed by atoms with Gasteiger partial charge in [0, 0.05) is 0 Å². The number of ether oxygens (including phenoxy) is 1. The molecule has 0 atom stereocenters. The van der Waals surface area contributed by atoms with Crippen molar-refractivity contribution in [2.24, 2.45) is 0 Å². The van der Waals surface area contributed by atoms with E-state index in [1.165, 1.54) is 11.6 Å². The average molecular weight is 292 g/mol. The number of hydrogen-bond acceptors (Lipinski definition) is 4. The lowest BCUT2D eigenvalue weighted by Gasteiger charge is -2.07. The minimum Gasteiger partial charge on any atom is -0.544 e. The molecule has 2 aromatic rings. The molecule has 110 valence electrons. The zero-order valence-corrected chi connectivity index (χ0v) is 12.1. The van der Waals surface area contributed by atoms with E-state index in [1.54, 1.807) is 30.3 Å². The lowest BCUT2D eigenvalue weighted by molar-refractivity contribution is -0.298. The van der Waals surface area contributed by atoms with Crippen molar-refractivity contribution >= 4 is 12.0 Å². The molecule has 0 fully saturated rings. The molecule has 4 heteroatoms. The van der Waals surface area contributed by atoms with Gasteiger partial charge in [0.05, 0.1) is 11.5 Å². The Bertz CT molecular complexity index is 722. The van der Waals surface area contributed by atoms with E-state index in [9.17, 15) is 9.90 Å². The maximum Gasteiger partial charge on any atom is 0.119 e. The number of carbonyl (C=O) groups is 1. The Morgan fingerprint density at radius 1 is 1.18 bits per heavy atom. The first-order chi connectivity index (χ1) is 10.6. The number of nitrogens with zero attached hydrogens (tertiary/aromatic N) is 1. The number of aryl methyl sites for hydroxylation is 1. The van der Waals surface area contributed by atoms with E-state index < -0.39 is 11.5 Å².